The van der Waals surface area contributed by atoms with Gasteiger partial charge in [0.1, 0.15) is 0 Å². The molecule has 13 heavy (non-hydrogen) atoms. The molecule has 0 heterocycles. The van der Waals surface area contributed by atoms with Crippen molar-refractivity contribution in [1.29, 1.82) is 0 Å². The van der Waals surface area contributed by atoms with Crippen molar-refractivity contribution in [2.75, 3.05) is 0 Å². The van der Waals surface area contributed by atoms with Crippen molar-refractivity contribution in [3.05, 3.63) is 35.9 Å². The van der Waals surface area contributed by atoms with Crippen molar-refractivity contribution in [3.8, 4) is 0 Å². The van der Waals surface area contributed by atoms with E-state index in [9.17, 15) is 0 Å². The minimum absolute atomic E-state index is 0.426. The van der Waals surface area contributed by atoms with Crippen LogP contribution in [-0.2, 0) is 0 Å². The van der Waals surface area contributed by atoms with Crippen molar-refractivity contribution in [2.24, 2.45) is 5.41 Å². The first-order chi connectivity index (χ1) is 5.99. The molecule has 1 aromatic rings. The first-order valence-corrected chi connectivity index (χ1v) is 5.04. The van der Waals surface area contributed by atoms with Gasteiger partial charge in [0.05, 0.1) is 0 Å². The maximum absolute atomic E-state index is 2.31. The maximum atomic E-state index is 2.31. The molecule has 0 fully saturated rings. The van der Waals surface area contributed by atoms with Crippen LogP contribution in [0.3, 0.4) is 0 Å². The van der Waals surface area contributed by atoms with Crippen molar-refractivity contribution in [2.45, 2.75) is 31.8 Å². The van der Waals surface area contributed by atoms with Crippen LogP contribution in [0.5, 0.6) is 0 Å². The predicted octanol–water partition coefficient (Wildman–Crippen LogP) is 3.33. The van der Waals surface area contributed by atoms with Gasteiger partial charge in [-0.15, -0.1) is 0 Å². The monoisotopic (exact) mass is 168 g/mol. The van der Waals surface area contributed by atoms with E-state index < -0.39 is 0 Å². The standard InChI is InChI=1S/C12H17.Li/c1-12(2,3)10-9-11-7-5-4-6-8-11;/h4-9H,10H2,1-3H3;. The van der Waals surface area contributed by atoms with Gasteiger partial charge in [-0.3, -0.25) is 0 Å². The van der Waals surface area contributed by atoms with Crippen LogP contribution in [0.1, 0.15) is 37.3 Å². The Kier molecular flexibility index (Phi) is 3.65. The first-order valence-electron chi connectivity index (χ1n) is 5.04. The topological polar surface area (TPSA) is 0 Å². The molecule has 0 spiro atoms. The molecule has 0 amide bonds. The Hall–Kier alpha value is -0.183. The molecule has 1 rings (SSSR count). The van der Waals surface area contributed by atoms with Gasteiger partial charge >= 0.3 is 90.8 Å². The average Bonchev–Trinajstić information content (AvgIpc) is 2.03. The second-order valence-corrected chi connectivity index (χ2v) is 5.08. The van der Waals surface area contributed by atoms with Gasteiger partial charge in [-0.2, -0.15) is 0 Å². The number of benzene rings is 1. The zero-order valence-corrected chi connectivity index (χ0v) is 9.17. The van der Waals surface area contributed by atoms with Crippen LogP contribution in [0.15, 0.2) is 30.3 Å². The number of hydrogen-bond acceptors (Lipinski definition) is 0. The van der Waals surface area contributed by atoms with E-state index in [2.05, 4.69) is 68.8 Å². The molecule has 1 heteroatoms. The van der Waals surface area contributed by atoms with Crippen LogP contribution in [0.25, 0.3) is 0 Å². The Balaban J connectivity index is 2.64. The molecule has 1 aromatic carbocycles. The van der Waals surface area contributed by atoms with Crippen LogP contribution in [-0.4, -0.2) is 17.7 Å². The fraction of sp³-hybridized carbons (Fsp3) is 0.500. The zero-order valence-electron chi connectivity index (χ0n) is 9.17. The summed E-state index contributed by atoms with van der Waals surface area (Å²) in [7, 11) is 0. The van der Waals surface area contributed by atoms with Crippen LogP contribution < -0.4 is 0 Å². The van der Waals surface area contributed by atoms with E-state index in [0.29, 0.717) is 10.0 Å². The molecule has 0 radical (unpaired) electrons. The second-order valence-electron chi connectivity index (χ2n) is 5.08. The summed E-state index contributed by atoms with van der Waals surface area (Å²) in [5.41, 5.74) is 1.88. The Morgan fingerprint density at radius 1 is 1.15 bits per heavy atom. The Bertz CT molecular complexity index is 246. The normalized spacial score (nSPS) is 14.2. The van der Waals surface area contributed by atoms with E-state index in [1.54, 1.807) is 0 Å². The summed E-state index contributed by atoms with van der Waals surface area (Å²) >= 11 is 2.31. The van der Waals surface area contributed by atoms with Gasteiger partial charge in [0.15, 0.2) is 0 Å². The molecule has 0 bridgehead atoms. The molecular weight excluding hydrogens is 151 g/mol. The van der Waals surface area contributed by atoms with E-state index in [-0.39, 0.29) is 0 Å². The van der Waals surface area contributed by atoms with Gasteiger partial charge in [-0.25, -0.2) is 0 Å². The van der Waals surface area contributed by atoms with E-state index in [0.717, 1.165) is 0 Å². The molecule has 0 saturated heterocycles. The summed E-state index contributed by atoms with van der Waals surface area (Å²) in [5.74, 6) is 0. The predicted molar refractivity (Wildman–Crippen MR) is 59.0 cm³/mol. The fourth-order valence-electron chi connectivity index (χ4n) is 1.82. The molecule has 1 atom stereocenters. The molecule has 66 valence electrons. The van der Waals surface area contributed by atoms with Gasteiger partial charge in [-0.1, -0.05) is 0 Å². The van der Waals surface area contributed by atoms with Crippen molar-refractivity contribution in [3.63, 3.8) is 0 Å². The average molecular weight is 168 g/mol. The van der Waals surface area contributed by atoms with Gasteiger partial charge in [0.2, 0.25) is 0 Å². The first kappa shape index (κ1) is 10.9. The van der Waals surface area contributed by atoms with E-state index in [1.807, 2.05) is 0 Å². The summed E-state index contributed by atoms with van der Waals surface area (Å²) < 4.78 is 0.668. The van der Waals surface area contributed by atoms with E-state index in [4.69, 9.17) is 0 Å². The quantitative estimate of drug-likeness (QED) is 0.594. The molecule has 0 aliphatic carbocycles. The van der Waals surface area contributed by atoms with Gasteiger partial charge in [0, 0.05) is 0 Å². The number of hydrogen-bond donors (Lipinski definition) is 0. The minimum atomic E-state index is 0.426. The zero-order chi connectivity index (χ0) is 9.90. The molecule has 1 unspecified atom stereocenters. The second kappa shape index (κ2) is 4.36. The summed E-state index contributed by atoms with van der Waals surface area (Å²) in [6.45, 7) is 6.89. The van der Waals surface area contributed by atoms with E-state index >= 15 is 0 Å². The van der Waals surface area contributed by atoms with Crippen LogP contribution in [0, 0.1) is 5.41 Å². The molecule has 0 aliphatic heterocycles. The summed E-state index contributed by atoms with van der Waals surface area (Å²) in [5, 5.41) is 0. The Morgan fingerprint density at radius 2 is 1.69 bits per heavy atom. The van der Waals surface area contributed by atoms with Crippen molar-refractivity contribution in [1.82, 2.24) is 0 Å². The Morgan fingerprint density at radius 3 is 2.15 bits per heavy atom. The van der Waals surface area contributed by atoms with Crippen LogP contribution in [0.4, 0.5) is 0 Å². The van der Waals surface area contributed by atoms with Crippen molar-refractivity contribution >= 4 is 17.7 Å². The Labute approximate surface area is 90.9 Å². The fourth-order valence-corrected chi connectivity index (χ4v) is 1.82. The summed E-state index contributed by atoms with van der Waals surface area (Å²) in [4.78, 5) is 0. The van der Waals surface area contributed by atoms with Crippen LogP contribution in [0.2, 0.25) is 0 Å². The molecule has 0 aliphatic rings. The number of rotatable bonds is 2. The van der Waals surface area contributed by atoms with Crippen LogP contribution >= 0.6 is 0 Å². The molecule has 0 N–H and O–H groups in total. The van der Waals surface area contributed by atoms with E-state index in [1.165, 1.54) is 12.0 Å². The third-order valence-corrected chi connectivity index (χ3v) is 2.29. The molecule has 0 nitrogen and oxygen atoms in total. The third-order valence-electron chi connectivity index (χ3n) is 2.29. The van der Waals surface area contributed by atoms with Gasteiger partial charge < -0.3 is 0 Å². The molecule has 0 aromatic heterocycles. The molecular formula is C12H17Li. The van der Waals surface area contributed by atoms with Crippen molar-refractivity contribution < 1.29 is 0 Å². The third kappa shape index (κ3) is 4.03. The summed E-state index contributed by atoms with van der Waals surface area (Å²) in [6.07, 6.45) is 1.25. The molecule has 0 saturated carbocycles. The SMILES string of the molecule is [Li][CH](CC(C)(C)C)c1ccccc1. The summed E-state index contributed by atoms with van der Waals surface area (Å²) in [6, 6.07) is 10.8. The van der Waals surface area contributed by atoms with Gasteiger partial charge in [-0.05, 0) is 0 Å². The van der Waals surface area contributed by atoms with Gasteiger partial charge in [0.25, 0.3) is 0 Å².